The van der Waals surface area contributed by atoms with Crippen LogP contribution in [0.5, 0.6) is 0 Å². The summed E-state index contributed by atoms with van der Waals surface area (Å²) in [7, 11) is 3.94. The Labute approximate surface area is 99.1 Å². The largest absolute Gasteiger partial charge is 0.378 e. The van der Waals surface area contributed by atoms with E-state index in [0.29, 0.717) is 5.89 Å². The third kappa shape index (κ3) is 2.33. The van der Waals surface area contributed by atoms with Gasteiger partial charge in [0.15, 0.2) is 0 Å². The first-order valence-electron chi connectivity index (χ1n) is 5.20. The van der Waals surface area contributed by atoms with Gasteiger partial charge in [0, 0.05) is 32.3 Å². The number of benzene rings is 1. The Balaban J connectivity index is 2.30. The molecule has 0 amide bonds. The monoisotopic (exact) mass is 231 g/mol. The van der Waals surface area contributed by atoms with E-state index in [1.54, 1.807) is 0 Å². The van der Waals surface area contributed by atoms with Crippen LogP contribution in [0.4, 0.5) is 5.69 Å². The Morgan fingerprint density at radius 2 is 1.88 bits per heavy atom. The fourth-order valence-corrected chi connectivity index (χ4v) is 1.39. The highest BCUT2D eigenvalue weighted by molar-refractivity contribution is 5.90. The van der Waals surface area contributed by atoms with Crippen molar-refractivity contribution in [2.75, 3.05) is 19.0 Å². The minimum atomic E-state index is -0.204. The van der Waals surface area contributed by atoms with E-state index in [2.05, 4.69) is 10.1 Å². The molecule has 0 fully saturated rings. The molecule has 0 N–H and O–H groups in total. The van der Waals surface area contributed by atoms with Crippen molar-refractivity contribution in [1.82, 2.24) is 10.1 Å². The highest BCUT2D eigenvalue weighted by atomic mass is 16.5. The highest BCUT2D eigenvalue weighted by Gasteiger charge is 2.11. The fourth-order valence-electron chi connectivity index (χ4n) is 1.39. The van der Waals surface area contributed by atoms with Crippen molar-refractivity contribution in [3.63, 3.8) is 0 Å². The van der Waals surface area contributed by atoms with Gasteiger partial charge < -0.3 is 9.42 Å². The standard InChI is InChI=1S/C12H13N3O2/c1-8(16)11-13-12(17-14-11)9-4-6-10(7-5-9)15(2)3/h4-7H,1-3H3. The van der Waals surface area contributed by atoms with Gasteiger partial charge in [0.1, 0.15) is 0 Å². The summed E-state index contributed by atoms with van der Waals surface area (Å²) in [5, 5.41) is 3.60. The van der Waals surface area contributed by atoms with E-state index in [1.165, 1.54) is 6.92 Å². The van der Waals surface area contributed by atoms with Crippen LogP contribution in [0.2, 0.25) is 0 Å². The first-order valence-corrected chi connectivity index (χ1v) is 5.20. The van der Waals surface area contributed by atoms with Gasteiger partial charge in [0.25, 0.3) is 5.89 Å². The molecule has 1 aromatic carbocycles. The van der Waals surface area contributed by atoms with Crippen molar-refractivity contribution in [3.05, 3.63) is 30.1 Å². The average molecular weight is 231 g/mol. The van der Waals surface area contributed by atoms with Gasteiger partial charge in [-0.1, -0.05) is 5.16 Å². The van der Waals surface area contributed by atoms with Gasteiger partial charge in [-0.2, -0.15) is 4.98 Å². The molecule has 1 aromatic heterocycles. The summed E-state index contributed by atoms with van der Waals surface area (Å²) in [5.41, 5.74) is 1.88. The zero-order valence-corrected chi connectivity index (χ0v) is 9.97. The van der Waals surface area contributed by atoms with Gasteiger partial charge in [0.05, 0.1) is 0 Å². The SMILES string of the molecule is CC(=O)c1noc(-c2ccc(N(C)C)cc2)n1. The number of hydrogen-bond donors (Lipinski definition) is 0. The van der Waals surface area contributed by atoms with E-state index in [4.69, 9.17) is 4.52 Å². The number of carbonyl (C=O) groups is 1. The van der Waals surface area contributed by atoms with Gasteiger partial charge >= 0.3 is 0 Å². The summed E-state index contributed by atoms with van der Waals surface area (Å²) in [5.74, 6) is 0.266. The Morgan fingerprint density at radius 1 is 1.24 bits per heavy atom. The average Bonchev–Trinajstić information content (AvgIpc) is 2.78. The maximum atomic E-state index is 11.0. The van der Waals surface area contributed by atoms with Crippen LogP contribution in [0.3, 0.4) is 0 Å². The summed E-state index contributed by atoms with van der Waals surface area (Å²) in [4.78, 5) is 17.1. The molecule has 0 aliphatic rings. The lowest BCUT2D eigenvalue weighted by Gasteiger charge is -2.11. The van der Waals surface area contributed by atoms with Crippen LogP contribution in [0.1, 0.15) is 17.5 Å². The zero-order valence-electron chi connectivity index (χ0n) is 9.97. The predicted molar refractivity (Wildman–Crippen MR) is 64.1 cm³/mol. The van der Waals surface area contributed by atoms with Crippen molar-refractivity contribution in [2.45, 2.75) is 6.92 Å². The van der Waals surface area contributed by atoms with E-state index in [0.717, 1.165) is 11.3 Å². The molecule has 0 aliphatic heterocycles. The van der Waals surface area contributed by atoms with Crippen molar-refractivity contribution in [2.24, 2.45) is 0 Å². The molecule has 0 saturated heterocycles. The number of Topliss-reactive ketones (excluding diaryl/α,β-unsaturated/α-hetero) is 1. The minimum Gasteiger partial charge on any atom is -0.378 e. The van der Waals surface area contributed by atoms with Crippen LogP contribution in [0.15, 0.2) is 28.8 Å². The Kier molecular flexibility index (Phi) is 2.91. The van der Waals surface area contributed by atoms with Crippen LogP contribution >= 0.6 is 0 Å². The third-order valence-corrected chi connectivity index (χ3v) is 2.37. The number of ketones is 1. The molecule has 0 aliphatic carbocycles. The Bertz CT molecular complexity index is 529. The van der Waals surface area contributed by atoms with E-state index < -0.39 is 0 Å². The molecule has 5 heteroatoms. The molecule has 0 bridgehead atoms. The first-order chi connectivity index (χ1) is 8.08. The quantitative estimate of drug-likeness (QED) is 0.756. The summed E-state index contributed by atoms with van der Waals surface area (Å²) < 4.78 is 5.02. The molecule has 0 spiro atoms. The van der Waals surface area contributed by atoms with Crippen LogP contribution in [-0.4, -0.2) is 30.0 Å². The highest BCUT2D eigenvalue weighted by Crippen LogP contribution is 2.20. The van der Waals surface area contributed by atoms with Crippen LogP contribution in [-0.2, 0) is 0 Å². The van der Waals surface area contributed by atoms with E-state index in [1.807, 2.05) is 43.3 Å². The topological polar surface area (TPSA) is 59.2 Å². The smallest absolute Gasteiger partial charge is 0.258 e. The maximum absolute atomic E-state index is 11.0. The van der Waals surface area contributed by atoms with Crippen molar-refractivity contribution >= 4 is 11.5 Å². The number of hydrogen-bond acceptors (Lipinski definition) is 5. The third-order valence-electron chi connectivity index (χ3n) is 2.37. The number of aromatic nitrogens is 2. The summed E-state index contributed by atoms with van der Waals surface area (Å²) in [6, 6.07) is 7.67. The second-order valence-corrected chi connectivity index (χ2v) is 3.92. The fraction of sp³-hybridized carbons (Fsp3) is 0.250. The molecular weight excluding hydrogens is 218 g/mol. The lowest BCUT2D eigenvalue weighted by atomic mass is 10.2. The lowest BCUT2D eigenvalue weighted by Crippen LogP contribution is -2.07. The summed E-state index contributed by atoms with van der Waals surface area (Å²) >= 11 is 0. The normalized spacial score (nSPS) is 10.3. The van der Waals surface area contributed by atoms with Gasteiger partial charge in [-0.05, 0) is 24.3 Å². The minimum absolute atomic E-state index is 0.108. The van der Waals surface area contributed by atoms with Crippen molar-refractivity contribution in [1.29, 1.82) is 0 Å². The van der Waals surface area contributed by atoms with E-state index in [9.17, 15) is 4.79 Å². The van der Waals surface area contributed by atoms with Gasteiger partial charge in [-0.3, -0.25) is 4.79 Å². The molecule has 0 saturated carbocycles. The molecule has 0 radical (unpaired) electrons. The number of carbonyl (C=O) groups excluding carboxylic acids is 1. The molecule has 1 heterocycles. The molecule has 5 nitrogen and oxygen atoms in total. The zero-order chi connectivity index (χ0) is 12.4. The molecule has 0 unspecified atom stereocenters. The van der Waals surface area contributed by atoms with Crippen LogP contribution in [0, 0.1) is 0 Å². The van der Waals surface area contributed by atoms with E-state index in [-0.39, 0.29) is 11.6 Å². The van der Waals surface area contributed by atoms with Crippen LogP contribution in [0.25, 0.3) is 11.5 Å². The predicted octanol–water partition coefficient (Wildman–Crippen LogP) is 2.01. The first kappa shape index (κ1) is 11.3. The molecule has 17 heavy (non-hydrogen) atoms. The Morgan fingerprint density at radius 3 is 2.35 bits per heavy atom. The number of rotatable bonds is 3. The van der Waals surface area contributed by atoms with Gasteiger partial charge in [-0.25, -0.2) is 0 Å². The molecule has 0 atom stereocenters. The Hall–Kier alpha value is -2.17. The van der Waals surface area contributed by atoms with Gasteiger partial charge in [-0.15, -0.1) is 0 Å². The molecular formula is C12H13N3O2. The number of anilines is 1. The number of nitrogens with zero attached hydrogens (tertiary/aromatic N) is 3. The second kappa shape index (κ2) is 4.37. The maximum Gasteiger partial charge on any atom is 0.258 e. The van der Waals surface area contributed by atoms with E-state index >= 15 is 0 Å². The molecule has 88 valence electrons. The summed E-state index contributed by atoms with van der Waals surface area (Å²) in [6.07, 6.45) is 0. The lowest BCUT2D eigenvalue weighted by molar-refractivity contribution is 0.100. The van der Waals surface area contributed by atoms with Crippen molar-refractivity contribution in [3.8, 4) is 11.5 Å². The molecule has 2 rings (SSSR count). The van der Waals surface area contributed by atoms with Crippen LogP contribution < -0.4 is 4.90 Å². The van der Waals surface area contributed by atoms with Crippen molar-refractivity contribution < 1.29 is 9.32 Å². The second-order valence-electron chi connectivity index (χ2n) is 3.92. The van der Waals surface area contributed by atoms with Gasteiger partial charge in [0.2, 0.25) is 11.6 Å². The summed E-state index contributed by atoms with van der Waals surface area (Å²) in [6.45, 7) is 1.41. The molecule has 2 aromatic rings.